The number of halogens is 3. The highest BCUT2D eigenvalue weighted by atomic mass is 19.1. The molecule has 0 atom stereocenters. The molecule has 1 heterocycles. The van der Waals surface area contributed by atoms with E-state index < -0.39 is 17.5 Å². The van der Waals surface area contributed by atoms with Crippen LogP contribution in [0.5, 0.6) is 0 Å². The zero-order valence-corrected chi connectivity index (χ0v) is 10.5. The third-order valence-electron chi connectivity index (χ3n) is 2.86. The summed E-state index contributed by atoms with van der Waals surface area (Å²) in [5.41, 5.74) is -0.0901. The monoisotopic (exact) mass is 269 g/mol. The first-order chi connectivity index (χ1) is 9.06. The van der Waals surface area contributed by atoms with E-state index in [1.54, 1.807) is 12.3 Å². The van der Waals surface area contributed by atoms with Crippen LogP contribution in [-0.4, -0.2) is 18.5 Å². The van der Waals surface area contributed by atoms with Crippen molar-refractivity contribution in [3.05, 3.63) is 59.3 Å². The van der Waals surface area contributed by atoms with E-state index >= 15 is 0 Å². The summed E-state index contributed by atoms with van der Waals surface area (Å²) in [4.78, 5) is 1.88. The summed E-state index contributed by atoms with van der Waals surface area (Å²) in [6.45, 7) is 0.998. The molecule has 0 aliphatic heterocycles. The molecule has 19 heavy (non-hydrogen) atoms. The number of furan rings is 1. The average molecular weight is 269 g/mol. The predicted octanol–water partition coefficient (Wildman–Crippen LogP) is 3.37. The average Bonchev–Trinajstić information content (AvgIpc) is 2.80. The van der Waals surface area contributed by atoms with Gasteiger partial charge in [0, 0.05) is 24.2 Å². The smallest absolute Gasteiger partial charge is 0.132 e. The first-order valence-electron chi connectivity index (χ1n) is 5.90. The van der Waals surface area contributed by atoms with Gasteiger partial charge in [-0.05, 0) is 25.6 Å². The SMILES string of the molecule is CN(CCc1c(F)cc(F)cc1F)Cc1ccco1. The van der Waals surface area contributed by atoms with Crippen molar-refractivity contribution >= 4 is 0 Å². The minimum atomic E-state index is -0.900. The highest BCUT2D eigenvalue weighted by molar-refractivity contribution is 5.21. The summed E-state index contributed by atoms with van der Waals surface area (Å²) >= 11 is 0. The van der Waals surface area contributed by atoms with Crippen LogP contribution < -0.4 is 0 Å². The second kappa shape index (κ2) is 5.93. The molecular weight excluding hydrogens is 255 g/mol. The van der Waals surface area contributed by atoms with E-state index in [1.807, 2.05) is 18.0 Å². The molecule has 2 aromatic rings. The van der Waals surface area contributed by atoms with E-state index in [9.17, 15) is 13.2 Å². The maximum absolute atomic E-state index is 13.4. The molecule has 0 N–H and O–H groups in total. The largest absolute Gasteiger partial charge is 0.468 e. The van der Waals surface area contributed by atoms with Gasteiger partial charge in [-0.3, -0.25) is 4.90 Å². The van der Waals surface area contributed by atoms with Crippen LogP contribution in [0, 0.1) is 17.5 Å². The van der Waals surface area contributed by atoms with Gasteiger partial charge in [0.1, 0.15) is 23.2 Å². The van der Waals surface area contributed by atoms with Gasteiger partial charge in [0.15, 0.2) is 0 Å². The van der Waals surface area contributed by atoms with Crippen LogP contribution in [0.4, 0.5) is 13.2 Å². The van der Waals surface area contributed by atoms with Crippen molar-refractivity contribution < 1.29 is 17.6 Å². The molecule has 0 aliphatic rings. The highest BCUT2D eigenvalue weighted by Crippen LogP contribution is 2.16. The molecule has 1 aromatic heterocycles. The van der Waals surface area contributed by atoms with Crippen molar-refractivity contribution in [3.8, 4) is 0 Å². The summed E-state index contributed by atoms with van der Waals surface area (Å²) < 4.78 is 44.8. The van der Waals surface area contributed by atoms with Crippen LogP contribution in [0.25, 0.3) is 0 Å². The number of rotatable bonds is 5. The Labute approximate surface area is 109 Å². The Balaban J connectivity index is 1.95. The molecule has 0 spiro atoms. The molecule has 5 heteroatoms. The van der Waals surface area contributed by atoms with Gasteiger partial charge in [0.25, 0.3) is 0 Å². The van der Waals surface area contributed by atoms with E-state index in [1.165, 1.54) is 0 Å². The van der Waals surface area contributed by atoms with Crippen LogP contribution in [0.15, 0.2) is 34.9 Å². The third-order valence-corrected chi connectivity index (χ3v) is 2.86. The van der Waals surface area contributed by atoms with E-state index in [-0.39, 0.29) is 12.0 Å². The molecule has 0 saturated heterocycles. The van der Waals surface area contributed by atoms with E-state index in [2.05, 4.69) is 0 Å². The Kier molecular flexibility index (Phi) is 4.27. The summed E-state index contributed by atoms with van der Waals surface area (Å²) in [5.74, 6) is -1.81. The van der Waals surface area contributed by atoms with Gasteiger partial charge in [-0.2, -0.15) is 0 Å². The zero-order valence-electron chi connectivity index (χ0n) is 10.5. The molecular formula is C14H14F3NO. The Morgan fingerprint density at radius 3 is 2.42 bits per heavy atom. The fourth-order valence-corrected chi connectivity index (χ4v) is 1.86. The topological polar surface area (TPSA) is 16.4 Å². The van der Waals surface area contributed by atoms with Crippen molar-refractivity contribution in [2.24, 2.45) is 0 Å². The lowest BCUT2D eigenvalue weighted by Gasteiger charge is -2.15. The summed E-state index contributed by atoms with van der Waals surface area (Å²) in [6.07, 6.45) is 1.75. The molecule has 0 aliphatic carbocycles. The fraction of sp³-hybridized carbons (Fsp3) is 0.286. The summed E-state index contributed by atoms with van der Waals surface area (Å²) in [5, 5.41) is 0. The maximum Gasteiger partial charge on any atom is 0.132 e. The van der Waals surface area contributed by atoms with Crippen LogP contribution in [0.1, 0.15) is 11.3 Å². The minimum absolute atomic E-state index is 0.0901. The van der Waals surface area contributed by atoms with E-state index in [0.717, 1.165) is 5.76 Å². The Morgan fingerprint density at radius 2 is 1.84 bits per heavy atom. The number of nitrogens with zero attached hydrogens (tertiary/aromatic N) is 1. The Morgan fingerprint density at radius 1 is 1.16 bits per heavy atom. The molecule has 0 bridgehead atoms. The van der Waals surface area contributed by atoms with E-state index in [0.29, 0.717) is 25.2 Å². The molecule has 2 nitrogen and oxygen atoms in total. The van der Waals surface area contributed by atoms with Crippen LogP contribution in [0.3, 0.4) is 0 Å². The summed E-state index contributed by atoms with van der Waals surface area (Å²) in [7, 11) is 1.82. The van der Waals surface area contributed by atoms with Gasteiger partial charge >= 0.3 is 0 Å². The lowest BCUT2D eigenvalue weighted by molar-refractivity contribution is 0.296. The van der Waals surface area contributed by atoms with Crippen molar-refractivity contribution in [1.29, 1.82) is 0 Å². The number of likely N-dealkylation sites (N-methyl/N-ethyl adjacent to an activating group) is 1. The van der Waals surface area contributed by atoms with Crippen molar-refractivity contribution in [3.63, 3.8) is 0 Å². The molecule has 0 saturated carbocycles. The van der Waals surface area contributed by atoms with Gasteiger partial charge in [-0.15, -0.1) is 0 Å². The first kappa shape index (κ1) is 13.7. The number of hydrogen-bond acceptors (Lipinski definition) is 2. The second-order valence-electron chi connectivity index (χ2n) is 4.42. The quantitative estimate of drug-likeness (QED) is 0.827. The molecule has 0 radical (unpaired) electrons. The maximum atomic E-state index is 13.4. The minimum Gasteiger partial charge on any atom is -0.468 e. The second-order valence-corrected chi connectivity index (χ2v) is 4.42. The van der Waals surface area contributed by atoms with E-state index in [4.69, 9.17) is 4.42 Å². The third kappa shape index (κ3) is 3.61. The van der Waals surface area contributed by atoms with Crippen LogP contribution >= 0.6 is 0 Å². The van der Waals surface area contributed by atoms with Gasteiger partial charge in [-0.1, -0.05) is 0 Å². The van der Waals surface area contributed by atoms with Crippen molar-refractivity contribution in [2.75, 3.05) is 13.6 Å². The predicted molar refractivity (Wildman–Crippen MR) is 65.1 cm³/mol. The first-order valence-corrected chi connectivity index (χ1v) is 5.90. The molecule has 102 valence electrons. The lowest BCUT2D eigenvalue weighted by atomic mass is 10.1. The molecule has 0 unspecified atom stereocenters. The van der Waals surface area contributed by atoms with Gasteiger partial charge < -0.3 is 4.42 Å². The van der Waals surface area contributed by atoms with Gasteiger partial charge in [0.2, 0.25) is 0 Å². The number of hydrogen-bond donors (Lipinski definition) is 0. The summed E-state index contributed by atoms with van der Waals surface area (Å²) in [6, 6.07) is 5.01. The molecule has 0 amide bonds. The lowest BCUT2D eigenvalue weighted by Crippen LogP contribution is -2.21. The van der Waals surface area contributed by atoms with Gasteiger partial charge in [-0.25, -0.2) is 13.2 Å². The normalized spacial score (nSPS) is 11.2. The Hall–Kier alpha value is -1.75. The Bertz CT molecular complexity index is 517. The molecule has 2 rings (SSSR count). The highest BCUT2D eigenvalue weighted by Gasteiger charge is 2.12. The van der Waals surface area contributed by atoms with Gasteiger partial charge in [0.05, 0.1) is 12.8 Å². The van der Waals surface area contributed by atoms with Crippen LogP contribution in [-0.2, 0) is 13.0 Å². The number of benzene rings is 1. The van der Waals surface area contributed by atoms with Crippen LogP contribution in [0.2, 0.25) is 0 Å². The fourth-order valence-electron chi connectivity index (χ4n) is 1.86. The van der Waals surface area contributed by atoms with Crippen molar-refractivity contribution in [1.82, 2.24) is 4.90 Å². The standard InChI is InChI=1S/C14H14F3NO/c1-18(9-11-3-2-6-19-11)5-4-12-13(16)7-10(15)8-14(12)17/h2-3,6-8H,4-5,9H2,1H3. The zero-order chi connectivity index (χ0) is 13.8. The molecule has 1 aromatic carbocycles. The molecule has 0 fully saturated rings. The van der Waals surface area contributed by atoms with Crippen molar-refractivity contribution in [2.45, 2.75) is 13.0 Å².